The van der Waals surface area contributed by atoms with Gasteiger partial charge in [0.2, 0.25) is 0 Å². The lowest BCUT2D eigenvalue weighted by Crippen LogP contribution is -2.50. The van der Waals surface area contributed by atoms with Gasteiger partial charge in [0.1, 0.15) is 5.60 Å². The summed E-state index contributed by atoms with van der Waals surface area (Å²) < 4.78 is 31.4. The van der Waals surface area contributed by atoms with E-state index in [1.807, 2.05) is 0 Å². The van der Waals surface area contributed by atoms with Crippen LogP contribution in [0.3, 0.4) is 0 Å². The zero-order chi connectivity index (χ0) is 18.8. The fourth-order valence-corrected chi connectivity index (χ4v) is 4.90. The summed E-state index contributed by atoms with van der Waals surface area (Å²) in [6.07, 6.45) is -0.711. The summed E-state index contributed by atoms with van der Waals surface area (Å²) in [4.78, 5) is 12.1. The van der Waals surface area contributed by atoms with E-state index in [9.17, 15) is 18.3 Å². The molecule has 1 aromatic carbocycles. The summed E-state index contributed by atoms with van der Waals surface area (Å²) >= 11 is 3.28. The highest BCUT2D eigenvalue weighted by Gasteiger charge is 2.38. The van der Waals surface area contributed by atoms with E-state index in [1.54, 1.807) is 45.0 Å². The van der Waals surface area contributed by atoms with Crippen LogP contribution < -0.4 is 5.32 Å². The van der Waals surface area contributed by atoms with Crippen LogP contribution in [0.1, 0.15) is 40.0 Å². The van der Waals surface area contributed by atoms with Crippen molar-refractivity contribution in [2.75, 3.05) is 0 Å². The number of aliphatic hydroxyl groups excluding tert-OH is 1. The van der Waals surface area contributed by atoms with Gasteiger partial charge in [-0.05, 0) is 64.3 Å². The lowest BCUT2D eigenvalue weighted by molar-refractivity contribution is 0.0366. The van der Waals surface area contributed by atoms with Gasteiger partial charge in [-0.3, -0.25) is 0 Å². The molecule has 1 fully saturated rings. The molecule has 1 aliphatic carbocycles. The van der Waals surface area contributed by atoms with Crippen molar-refractivity contribution in [3.63, 3.8) is 0 Å². The quantitative estimate of drug-likeness (QED) is 0.763. The molecule has 1 aliphatic rings. The number of carbonyl (C=O) groups is 1. The Balaban J connectivity index is 2.01. The van der Waals surface area contributed by atoms with Gasteiger partial charge in [-0.15, -0.1) is 0 Å². The fourth-order valence-electron chi connectivity index (χ4n) is 2.84. The molecule has 8 heteroatoms. The first kappa shape index (κ1) is 20.2. The van der Waals surface area contributed by atoms with Crippen molar-refractivity contribution in [3.8, 4) is 0 Å². The monoisotopic (exact) mass is 433 g/mol. The number of carbonyl (C=O) groups excluding carboxylic acids is 1. The molecule has 0 bridgehead atoms. The van der Waals surface area contributed by atoms with E-state index in [-0.39, 0.29) is 11.3 Å². The lowest BCUT2D eigenvalue weighted by atomic mass is 9.92. The molecule has 0 aliphatic heterocycles. The first-order valence-electron chi connectivity index (χ1n) is 8.16. The van der Waals surface area contributed by atoms with Gasteiger partial charge >= 0.3 is 6.09 Å². The van der Waals surface area contributed by atoms with Gasteiger partial charge in [-0.1, -0.05) is 15.9 Å². The first-order chi connectivity index (χ1) is 11.5. The summed E-state index contributed by atoms with van der Waals surface area (Å²) in [6.45, 7) is 5.26. The van der Waals surface area contributed by atoms with E-state index < -0.39 is 38.9 Å². The highest BCUT2D eigenvalue weighted by Crippen LogP contribution is 2.30. The Hall–Kier alpha value is -1.12. The topological polar surface area (TPSA) is 92.7 Å². The van der Waals surface area contributed by atoms with Gasteiger partial charge in [0.05, 0.1) is 22.3 Å². The third-order valence-corrected chi connectivity index (χ3v) is 6.82. The molecule has 2 rings (SSSR count). The van der Waals surface area contributed by atoms with Gasteiger partial charge < -0.3 is 15.2 Å². The molecule has 2 N–H and O–H groups in total. The van der Waals surface area contributed by atoms with Crippen LogP contribution in [-0.2, 0) is 14.6 Å². The summed E-state index contributed by atoms with van der Waals surface area (Å²) in [5, 5.41) is 12.3. The van der Waals surface area contributed by atoms with E-state index in [0.717, 1.165) is 4.47 Å². The Morgan fingerprint density at radius 2 is 1.84 bits per heavy atom. The Labute approximate surface area is 157 Å². The summed E-state index contributed by atoms with van der Waals surface area (Å²) in [5.41, 5.74) is -0.628. The van der Waals surface area contributed by atoms with Gasteiger partial charge in [-0.25, -0.2) is 13.2 Å². The molecule has 1 amide bonds. The van der Waals surface area contributed by atoms with E-state index in [0.29, 0.717) is 12.8 Å². The molecule has 0 unspecified atom stereocenters. The van der Waals surface area contributed by atoms with Crippen molar-refractivity contribution in [2.24, 2.45) is 0 Å². The zero-order valence-electron chi connectivity index (χ0n) is 14.5. The normalized spacial score (nSPS) is 24.6. The number of rotatable bonds is 3. The molecule has 6 nitrogen and oxygen atoms in total. The predicted molar refractivity (Wildman–Crippen MR) is 98.1 cm³/mol. The molecule has 3 atom stereocenters. The standard InChI is InChI=1S/C17H24BrNO5S/c1-17(2,3)24-16(21)19-14-9-8-13(10-15(14)20)25(22,23)12-6-4-11(18)5-7-12/h4-7,13-15,20H,8-10H2,1-3H3,(H,19,21)/t13-,14-,15+/m1/s1. The van der Waals surface area contributed by atoms with Crippen LogP contribution in [0.5, 0.6) is 0 Å². The maximum absolute atomic E-state index is 12.7. The summed E-state index contributed by atoms with van der Waals surface area (Å²) in [5.74, 6) is 0. The van der Waals surface area contributed by atoms with Crippen LogP contribution in [0.25, 0.3) is 0 Å². The average Bonchev–Trinajstić information content (AvgIpc) is 2.47. The number of benzene rings is 1. The van der Waals surface area contributed by atoms with Crippen LogP contribution >= 0.6 is 15.9 Å². The van der Waals surface area contributed by atoms with Crippen molar-refractivity contribution < 1.29 is 23.1 Å². The SMILES string of the molecule is CC(C)(C)OC(=O)N[C@@H]1CC[C@@H](S(=O)(=O)c2ccc(Br)cc2)C[C@@H]1O. The molecule has 0 spiro atoms. The van der Waals surface area contributed by atoms with Crippen molar-refractivity contribution in [1.82, 2.24) is 5.32 Å². The molecule has 0 aromatic heterocycles. The minimum Gasteiger partial charge on any atom is -0.444 e. The molecule has 1 aromatic rings. The van der Waals surface area contributed by atoms with Crippen molar-refractivity contribution in [3.05, 3.63) is 28.7 Å². The van der Waals surface area contributed by atoms with Crippen LogP contribution in [0.15, 0.2) is 33.6 Å². The number of hydrogen-bond acceptors (Lipinski definition) is 5. The highest BCUT2D eigenvalue weighted by atomic mass is 79.9. The second kappa shape index (κ2) is 7.63. The average molecular weight is 434 g/mol. The molecule has 1 saturated carbocycles. The third kappa shape index (κ3) is 5.43. The van der Waals surface area contributed by atoms with E-state index in [4.69, 9.17) is 4.74 Å². The predicted octanol–water partition coefficient (Wildman–Crippen LogP) is 3.03. The Kier molecular flexibility index (Phi) is 6.17. The third-order valence-electron chi connectivity index (χ3n) is 4.05. The van der Waals surface area contributed by atoms with Crippen LogP contribution in [0, 0.1) is 0 Å². The Morgan fingerprint density at radius 1 is 1.24 bits per heavy atom. The highest BCUT2D eigenvalue weighted by molar-refractivity contribution is 9.10. The van der Waals surface area contributed by atoms with E-state index in [2.05, 4.69) is 21.2 Å². The number of alkyl carbamates (subject to hydrolysis) is 1. The van der Waals surface area contributed by atoms with Gasteiger partial charge in [0.15, 0.2) is 9.84 Å². The molecular weight excluding hydrogens is 410 g/mol. The van der Waals surface area contributed by atoms with Crippen LogP contribution in [0.4, 0.5) is 4.79 Å². The number of hydrogen-bond donors (Lipinski definition) is 2. The zero-order valence-corrected chi connectivity index (χ0v) is 16.9. The molecule has 0 heterocycles. The van der Waals surface area contributed by atoms with Crippen molar-refractivity contribution >= 4 is 31.9 Å². The Bertz CT molecular complexity index is 712. The first-order valence-corrected chi connectivity index (χ1v) is 10.5. The second-order valence-corrected chi connectivity index (χ2v) is 10.4. The molecule has 140 valence electrons. The maximum Gasteiger partial charge on any atom is 0.407 e. The Morgan fingerprint density at radius 3 is 2.36 bits per heavy atom. The van der Waals surface area contributed by atoms with Crippen LogP contribution in [0.2, 0.25) is 0 Å². The van der Waals surface area contributed by atoms with Crippen molar-refractivity contribution in [2.45, 2.75) is 67.9 Å². The molecule has 25 heavy (non-hydrogen) atoms. The largest absolute Gasteiger partial charge is 0.444 e. The number of ether oxygens (including phenoxy) is 1. The smallest absolute Gasteiger partial charge is 0.407 e. The molecular formula is C17H24BrNO5S. The number of aliphatic hydroxyl groups is 1. The van der Waals surface area contributed by atoms with Crippen LogP contribution in [-0.4, -0.2) is 42.6 Å². The number of halogens is 1. The number of amides is 1. The fraction of sp³-hybridized carbons (Fsp3) is 0.588. The second-order valence-electron chi connectivity index (χ2n) is 7.25. The minimum absolute atomic E-state index is 0.0822. The number of sulfone groups is 1. The van der Waals surface area contributed by atoms with Gasteiger partial charge in [0.25, 0.3) is 0 Å². The number of nitrogens with one attached hydrogen (secondary N) is 1. The van der Waals surface area contributed by atoms with Crippen molar-refractivity contribution in [1.29, 1.82) is 0 Å². The van der Waals surface area contributed by atoms with Gasteiger partial charge in [-0.2, -0.15) is 0 Å². The molecule has 0 saturated heterocycles. The molecule has 0 radical (unpaired) electrons. The minimum atomic E-state index is -3.52. The summed E-state index contributed by atoms with van der Waals surface area (Å²) in [6, 6.07) is 5.96. The van der Waals surface area contributed by atoms with E-state index >= 15 is 0 Å². The van der Waals surface area contributed by atoms with Gasteiger partial charge in [0, 0.05) is 4.47 Å². The van der Waals surface area contributed by atoms with E-state index in [1.165, 1.54) is 0 Å². The lowest BCUT2D eigenvalue weighted by Gasteiger charge is -2.33. The maximum atomic E-state index is 12.7. The summed E-state index contributed by atoms with van der Waals surface area (Å²) in [7, 11) is -3.52.